The van der Waals surface area contributed by atoms with Crippen molar-refractivity contribution in [2.24, 2.45) is 5.92 Å². The summed E-state index contributed by atoms with van der Waals surface area (Å²) in [6.45, 7) is 10.6. The van der Waals surface area contributed by atoms with Crippen LogP contribution >= 0.6 is 0 Å². The molecule has 0 aromatic heterocycles. The highest BCUT2D eigenvalue weighted by Crippen LogP contribution is 2.24. The molecule has 0 spiro atoms. The van der Waals surface area contributed by atoms with Crippen molar-refractivity contribution in [3.05, 3.63) is 35.6 Å². The molecule has 0 fully saturated rings. The van der Waals surface area contributed by atoms with Crippen LogP contribution in [0.25, 0.3) is 0 Å². The smallest absolute Gasteiger partial charge is 0.127 e. The molecule has 3 nitrogen and oxygen atoms in total. The number of halogens is 1. The first kappa shape index (κ1) is 18.1. The van der Waals surface area contributed by atoms with Gasteiger partial charge in [-0.05, 0) is 32.5 Å². The van der Waals surface area contributed by atoms with Gasteiger partial charge in [0.05, 0.1) is 6.61 Å². The summed E-state index contributed by atoms with van der Waals surface area (Å²) in [5, 5.41) is 3.26. The molecule has 1 rings (SSSR count). The van der Waals surface area contributed by atoms with Crippen molar-refractivity contribution in [1.29, 1.82) is 0 Å². The van der Waals surface area contributed by atoms with Crippen LogP contribution in [-0.4, -0.2) is 44.8 Å². The second-order valence-electron chi connectivity index (χ2n) is 5.36. The first-order valence-electron chi connectivity index (χ1n) is 7.85. The molecule has 0 saturated carbocycles. The molecule has 0 aliphatic heterocycles. The van der Waals surface area contributed by atoms with E-state index in [1.54, 1.807) is 6.07 Å². The van der Waals surface area contributed by atoms with E-state index in [2.05, 4.69) is 24.1 Å². The highest BCUT2D eigenvalue weighted by molar-refractivity contribution is 5.21. The van der Waals surface area contributed by atoms with Gasteiger partial charge < -0.3 is 15.0 Å². The van der Waals surface area contributed by atoms with Gasteiger partial charge in [-0.2, -0.15) is 0 Å². The molecule has 0 aliphatic carbocycles. The normalized spacial score (nSPS) is 14.4. The fourth-order valence-electron chi connectivity index (χ4n) is 2.70. The fraction of sp³-hybridized carbons (Fsp3) is 0.647. The summed E-state index contributed by atoms with van der Waals surface area (Å²) in [6, 6.07) is 7.04. The second kappa shape index (κ2) is 9.87. The summed E-state index contributed by atoms with van der Waals surface area (Å²) in [5.74, 6) is 0.176. The van der Waals surface area contributed by atoms with Gasteiger partial charge in [0.1, 0.15) is 5.82 Å². The lowest BCUT2D eigenvalue weighted by Crippen LogP contribution is -2.36. The molecular weight excluding hydrogens is 267 g/mol. The zero-order valence-corrected chi connectivity index (χ0v) is 13.7. The molecule has 2 atom stereocenters. The van der Waals surface area contributed by atoms with Crippen LogP contribution in [0.4, 0.5) is 4.39 Å². The van der Waals surface area contributed by atoms with Crippen molar-refractivity contribution in [3.8, 4) is 0 Å². The number of likely N-dealkylation sites (N-methyl/N-ethyl adjacent to an activating group) is 1. The molecule has 0 heterocycles. The molecule has 1 aromatic carbocycles. The minimum Gasteiger partial charge on any atom is -0.380 e. The van der Waals surface area contributed by atoms with Crippen molar-refractivity contribution < 1.29 is 9.13 Å². The zero-order valence-electron chi connectivity index (χ0n) is 13.7. The van der Waals surface area contributed by atoms with Gasteiger partial charge in [-0.15, -0.1) is 0 Å². The standard InChI is InChI=1S/C17H29FN2O/c1-5-20(11-12-21-6-2)13-14(3)17(19-4)15-9-7-8-10-16(15)18/h7-10,14,17,19H,5-6,11-13H2,1-4H3. The van der Waals surface area contributed by atoms with Gasteiger partial charge >= 0.3 is 0 Å². The van der Waals surface area contributed by atoms with Gasteiger partial charge in [0, 0.05) is 31.3 Å². The molecule has 1 aromatic rings. The third-order valence-electron chi connectivity index (χ3n) is 3.87. The zero-order chi connectivity index (χ0) is 15.7. The summed E-state index contributed by atoms with van der Waals surface area (Å²) < 4.78 is 19.4. The molecule has 0 amide bonds. The third-order valence-corrected chi connectivity index (χ3v) is 3.87. The van der Waals surface area contributed by atoms with Crippen molar-refractivity contribution >= 4 is 0 Å². The van der Waals surface area contributed by atoms with Gasteiger partial charge in [-0.1, -0.05) is 32.0 Å². The van der Waals surface area contributed by atoms with Crippen molar-refractivity contribution in [2.45, 2.75) is 26.8 Å². The van der Waals surface area contributed by atoms with E-state index in [0.717, 1.165) is 38.4 Å². The number of ether oxygens (including phenoxy) is 1. The molecule has 2 unspecified atom stereocenters. The van der Waals surface area contributed by atoms with Gasteiger partial charge in [-0.3, -0.25) is 0 Å². The molecule has 120 valence electrons. The molecule has 0 radical (unpaired) electrons. The highest BCUT2D eigenvalue weighted by Gasteiger charge is 2.22. The third kappa shape index (κ3) is 5.73. The Labute approximate surface area is 128 Å². The maximum absolute atomic E-state index is 14.0. The minimum absolute atomic E-state index is 0.0207. The largest absolute Gasteiger partial charge is 0.380 e. The Morgan fingerprint density at radius 2 is 2.00 bits per heavy atom. The predicted molar refractivity (Wildman–Crippen MR) is 86.0 cm³/mol. The van der Waals surface area contributed by atoms with Crippen LogP contribution in [0, 0.1) is 11.7 Å². The van der Waals surface area contributed by atoms with Gasteiger partial charge in [0.15, 0.2) is 0 Å². The van der Waals surface area contributed by atoms with E-state index in [-0.39, 0.29) is 11.9 Å². The number of nitrogens with zero attached hydrogens (tertiary/aromatic N) is 1. The highest BCUT2D eigenvalue weighted by atomic mass is 19.1. The van der Waals surface area contributed by atoms with Crippen LogP contribution in [0.2, 0.25) is 0 Å². The second-order valence-corrected chi connectivity index (χ2v) is 5.36. The first-order valence-corrected chi connectivity index (χ1v) is 7.85. The summed E-state index contributed by atoms with van der Waals surface area (Å²) >= 11 is 0. The number of benzene rings is 1. The topological polar surface area (TPSA) is 24.5 Å². The lowest BCUT2D eigenvalue weighted by atomic mass is 9.93. The van der Waals surface area contributed by atoms with Gasteiger partial charge in [-0.25, -0.2) is 4.39 Å². The van der Waals surface area contributed by atoms with E-state index >= 15 is 0 Å². The number of hydrogen-bond acceptors (Lipinski definition) is 3. The van der Waals surface area contributed by atoms with E-state index in [4.69, 9.17) is 4.74 Å². The summed E-state index contributed by atoms with van der Waals surface area (Å²) in [4.78, 5) is 2.35. The Hall–Kier alpha value is -0.970. The number of hydrogen-bond donors (Lipinski definition) is 1. The van der Waals surface area contributed by atoms with Crippen LogP contribution in [0.1, 0.15) is 32.4 Å². The lowest BCUT2D eigenvalue weighted by Gasteiger charge is -2.30. The fourth-order valence-corrected chi connectivity index (χ4v) is 2.70. The monoisotopic (exact) mass is 296 g/mol. The molecular formula is C17H29FN2O. The average molecular weight is 296 g/mol. The van der Waals surface area contributed by atoms with Crippen molar-refractivity contribution in [2.75, 3.05) is 39.9 Å². The SMILES string of the molecule is CCOCCN(CC)CC(C)C(NC)c1ccccc1F. The summed E-state index contributed by atoms with van der Waals surface area (Å²) in [7, 11) is 1.89. The van der Waals surface area contributed by atoms with Crippen LogP contribution in [0.5, 0.6) is 0 Å². The quantitative estimate of drug-likeness (QED) is 0.672. The first-order chi connectivity index (χ1) is 10.1. The Morgan fingerprint density at radius 1 is 1.29 bits per heavy atom. The lowest BCUT2D eigenvalue weighted by molar-refractivity contribution is 0.106. The van der Waals surface area contributed by atoms with Crippen LogP contribution in [0.3, 0.4) is 0 Å². The van der Waals surface area contributed by atoms with E-state index in [1.807, 2.05) is 26.1 Å². The van der Waals surface area contributed by atoms with E-state index in [0.29, 0.717) is 5.92 Å². The van der Waals surface area contributed by atoms with Gasteiger partial charge in [0.25, 0.3) is 0 Å². The van der Waals surface area contributed by atoms with E-state index < -0.39 is 0 Å². The Morgan fingerprint density at radius 3 is 2.57 bits per heavy atom. The minimum atomic E-state index is -0.138. The average Bonchev–Trinajstić information content (AvgIpc) is 2.49. The predicted octanol–water partition coefficient (Wildman–Crippen LogP) is 3.08. The van der Waals surface area contributed by atoms with Gasteiger partial charge in [0.2, 0.25) is 0 Å². The Bertz CT molecular complexity index is 400. The molecule has 0 saturated heterocycles. The van der Waals surface area contributed by atoms with E-state index in [1.165, 1.54) is 6.07 Å². The van der Waals surface area contributed by atoms with Crippen LogP contribution in [0.15, 0.2) is 24.3 Å². The number of rotatable bonds is 10. The maximum Gasteiger partial charge on any atom is 0.127 e. The van der Waals surface area contributed by atoms with Crippen molar-refractivity contribution in [3.63, 3.8) is 0 Å². The summed E-state index contributed by atoms with van der Waals surface area (Å²) in [5.41, 5.74) is 0.744. The molecule has 0 aliphatic rings. The Kier molecular flexibility index (Phi) is 8.50. The number of nitrogens with one attached hydrogen (secondary N) is 1. The molecule has 1 N–H and O–H groups in total. The maximum atomic E-state index is 14.0. The molecule has 0 bridgehead atoms. The van der Waals surface area contributed by atoms with Crippen molar-refractivity contribution in [1.82, 2.24) is 10.2 Å². The molecule has 21 heavy (non-hydrogen) atoms. The summed E-state index contributed by atoms with van der Waals surface area (Å²) in [6.07, 6.45) is 0. The van der Waals surface area contributed by atoms with Crippen LogP contribution in [-0.2, 0) is 4.74 Å². The van der Waals surface area contributed by atoms with E-state index in [9.17, 15) is 4.39 Å². The molecule has 4 heteroatoms. The van der Waals surface area contributed by atoms with Crippen LogP contribution < -0.4 is 5.32 Å². The Balaban J connectivity index is 2.65.